The van der Waals surface area contributed by atoms with Gasteiger partial charge in [-0.1, -0.05) is 27.7 Å². The number of rotatable bonds is 5. The van der Waals surface area contributed by atoms with Crippen LogP contribution in [0.2, 0.25) is 0 Å². The Hall–Kier alpha value is -2.38. The van der Waals surface area contributed by atoms with E-state index in [0.29, 0.717) is 4.73 Å². The van der Waals surface area contributed by atoms with Crippen LogP contribution >= 0.6 is 0 Å². The van der Waals surface area contributed by atoms with Gasteiger partial charge in [-0.15, -0.1) is 4.73 Å². The van der Waals surface area contributed by atoms with Crippen molar-refractivity contribution in [3.05, 3.63) is 12.1 Å². The van der Waals surface area contributed by atoms with Crippen LogP contribution in [0, 0.1) is 11.8 Å². The summed E-state index contributed by atoms with van der Waals surface area (Å²) in [5, 5.41) is 18.7. The Labute approximate surface area is 121 Å². The van der Waals surface area contributed by atoms with Gasteiger partial charge < -0.3 is 19.7 Å². The summed E-state index contributed by atoms with van der Waals surface area (Å²) in [7, 11) is 0. The third-order valence-electron chi connectivity index (χ3n) is 2.42. The smallest absolute Gasteiger partial charge is 0.492 e. The fourth-order valence-electron chi connectivity index (χ4n) is 1.23. The highest BCUT2D eigenvalue weighted by molar-refractivity contribution is 5.71. The van der Waals surface area contributed by atoms with Crippen molar-refractivity contribution in [1.82, 2.24) is 4.73 Å². The van der Waals surface area contributed by atoms with Crippen LogP contribution in [0.5, 0.6) is 11.8 Å². The van der Waals surface area contributed by atoms with E-state index in [-0.39, 0.29) is 11.8 Å². The molecule has 1 atom stereocenters. The van der Waals surface area contributed by atoms with Crippen LogP contribution in [0.4, 0.5) is 4.79 Å². The molecule has 21 heavy (non-hydrogen) atoms. The van der Waals surface area contributed by atoms with Gasteiger partial charge in [0.05, 0.1) is 5.92 Å². The second-order valence-corrected chi connectivity index (χ2v) is 5.01. The molecule has 0 aliphatic rings. The molecule has 2 N–H and O–H groups in total. The summed E-state index contributed by atoms with van der Waals surface area (Å²) in [4.78, 5) is 27.7. The summed E-state index contributed by atoms with van der Waals surface area (Å²) in [6.45, 7) is 6.67. The van der Waals surface area contributed by atoms with Gasteiger partial charge in [-0.2, -0.15) is 0 Å². The summed E-state index contributed by atoms with van der Waals surface area (Å²) < 4.78 is 10.4. The molecular weight excluding hydrogens is 282 g/mol. The molecule has 1 aromatic rings. The maximum atomic E-state index is 11.6. The highest BCUT2D eigenvalue weighted by atomic mass is 16.9. The normalized spacial score (nSPS) is 12.3. The molecule has 8 nitrogen and oxygen atoms in total. The van der Waals surface area contributed by atoms with Gasteiger partial charge in [0.25, 0.3) is 6.29 Å². The van der Waals surface area contributed by atoms with E-state index in [1.165, 1.54) is 0 Å². The number of hydrogen-bond donors (Lipinski definition) is 2. The molecule has 0 spiro atoms. The minimum absolute atomic E-state index is 0.299. The number of carbonyl (C=O) groups excluding carboxylic acids is 2. The fourth-order valence-corrected chi connectivity index (χ4v) is 1.23. The number of esters is 1. The molecule has 0 aromatic carbocycles. The van der Waals surface area contributed by atoms with E-state index < -0.39 is 30.2 Å². The van der Waals surface area contributed by atoms with Gasteiger partial charge in [0.15, 0.2) is 0 Å². The van der Waals surface area contributed by atoms with Gasteiger partial charge in [0.1, 0.15) is 0 Å². The van der Waals surface area contributed by atoms with Gasteiger partial charge in [0.2, 0.25) is 11.8 Å². The quantitative estimate of drug-likeness (QED) is 0.629. The average molecular weight is 301 g/mol. The van der Waals surface area contributed by atoms with Crippen molar-refractivity contribution >= 4 is 12.1 Å². The zero-order valence-corrected chi connectivity index (χ0v) is 12.3. The first-order valence-corrected chi connectivity index (χ1v) is 6.41. The molecule has 1 aromatic heterocycles. The molecule has 118 valence electrons. The van der Waals surface area contributed by atoms with Gasteiger partial charge in [-0.3, -0.25) is 9.63 Å². The largest absolute Gasteiger partial charge is 0.537 e. The second-order valence-electron chi connectivity index (χ2n) is 5.01. The lowest BCUT2D eigenvalue weighted by molar-refractivity contribution is -0.183. The highest BCUT2D eigenvalue weighted by Crippen LogP contribution is 2.19. The Morgan fingerprint density at radius 3 is 2.00 bits per heavy atom. The first-order chi connectivity index (χ1) is 9.72. The maximum absolute atomic E-state index is 11.6. The Morgan fingerprint density at radius 1 is 1.05 bits per heavy atom. The molecule has 0 aliphatic carbocycles. The van der Waals surface area contributed by atoms with Crippen molar-refractivity contribution in [2.75, 3.05) is 0 Å². The lowest BCUT2D eigenvalue weighted by Crippen LogP contribution is -2.33. The minimum Gasteiger partial charge on any atom is -0.492 e. The average Bonchev–Trinajstić information content (AvgIpc) is 2.69. The van der Waals surface area contributed by atoms with Crippen LogP contribution in [-0.4, -0.2) is 33.4 Å². The monoisotopic (exact) mass is 301 g/mol. The molecule has 1 unspecified atom stereocenters. The van der Waals surface area contributed by atoms with Crippen molar-refractivity contribution in [3.63, 3.8) is 0 Å². The maximum Gasteiger partial charge on any atom is 0.537 e. The van der Waals surface area contributed by atoms with Gasteiger partial charge >= 0.3 is 12.1 Å². The molecule has 0 fully saturated rings. The molecule has 0 aliphatic heterocycles. The zero-order valence-electron chi connectivity index (χ0n) is 12.3. The minimum atomic E-state index is -1.23. The number of aromatic nitrogens is 1. The van der Waals surface area contributed by atoms with E-state index >= 15 is 0 Å². The van der Waals surface area contributed by atoms with Crippen LogP contribution in [-0.2, 0) is 14.3 Å². The topological polar surface area (TPSA) is 107 Å². The van der Waals surface area contributed by atoms with Gasteiger partial charge in [-0.05, 0) is 0 Å². The van der Waals surface area contributed by atoms with E-state index in [1.807, 2.05) is 0 Å². The van der Waals surface area contributed by atoms with Crippen LogP contribution in [0.1, 0.15) is 27.7 Å². The zero-order chi connectivity index (χ0) is 16.2. The van der Waals surface area contributed by atoms with Crippen LogP contribution in [0.15, 0.2) is 12.1 Å². The van der Waals surface area contributed by atoms with Crippen molar-refractivity contribution in [3.8, 4) is 11.8 Å². The Bertz CT molecular complexity index is 487. The molecule has 0 amide bonds. The van der Waals surface area contributed by atoms with Gasteiger partial charge in [-0.25, -0.2) is 4.79 Å². The highest BCUT2D eigenvalue weighted by Gasteiger charge is 2.26. The van der Waals surface area contributed by atoms with Crippen LogP contribution in [0.3, 0.4) is 0 Å². The molecule has 1 heterocycles. The Morgan fingerprint density at radius 2 is 1.57 bits per heavy atom. The van der Waals surface area contributed by atoms with Crippen molar-refractivity contribution in [1.29, 1.82) is 0 Å². The lowest BCUT2D eigenvalue weighted by atomic mass is 10.2. The van der Waals surface area contributed by atoms with Crippen LogP contribution < -0.4 is 4.84 Å². The fraction of sp³-hybridized carbons (Fsp3) is 0.538. The first-order valence-electron chi connectivity index (χ1n) is 6.41. The van der Waals surface area contributed by atoms with Crippen molar-refractivity contribution < 1.29 is 34.1 Å². The third kappa shape index (κ3) is 4.59. The summed E-state index contributed by atoms with van der Waals surface area (Å²) in [5.74, 6) is -2.15. The molecule has 0 bridgehead atoms. The van der Waals surface area contributed by atoms with E-state index in [0.717, 1.165) is 12.1 Å². The summed E-state index contributed by atoms with van der Waals surface area (Å²) in [5.41, 5.74) is 0. The molecule has 0 radical (unpaired) electrons. The van der Waals surface area contributed by atoms with E-state index in [4.69, 9.17) is 9.47 Å². The number of hydrogen-bond acceptors (Lipinski definition) is 7. The molecule has 0 saturated heterocycles. The second kappa shape index (κ2) is 6.87. The van der Waals surface area contributed by atoms with E-state index in [1.54, 1.807) is 27.7 Å². The third-order valence-corrected chi connectivity index (χ3v) is 2.42. The Kier molecular flexibility index (Phi) is 5.45. The van der Waals surface area contributed by atoms with Crippen LogP contribution in [0.25, 0.3) is 0 Å². The van der Waals surface area contributed by atoms with E-state index in [9.17, 15) is 19.8 Å². The number of carbonyl (C=O) groups is 2. The van der Waals surface area contributed by atoms with Gasteiger partial charge in [0, 0.05) is 18.1 Å². The number of ether oxygens (including phenoxy) is 2. The van der Waals surface area contributed by atoms with Crippen molar-refractivity contribution in [2.24, 2.45) is 11.8 Å². The summed E-state index contributed by atoms with van der Waals surface area (Å²) >= 11 is 0. The molecular formula is C13H19NO7. The van der Waals surface area contributed by atoms with E-state index in [2.05, 4.69) is 4.84 Å². The number of aromatic hydroxyl groups is 2. The summed E-state index contributed by atoms with van der Waals surface area (Å²) in [6.07, 6.45) is -2.36. The number of nitrogens with zero attached hydrogens (tertiary/aromatic N) is 1. The lowest BCUT2D eigenvalue weighted by Gasteiger charge is -2.21. The SMILES string of the molecule is CC(C)C(=O)OC(OC(=O)On1c(O)ccc1O)C(C)C. The van der Waals surface area contributed by atoms with Crippen molar-refractivity contribution in [2.45, 2.75) is 34.0 Å². The summed E-state index contributed by atoms with van der Waals surface area (Å²) in [6, 6.07) is 2.25. The molecule has 8 heteroatoms. The predicted molar refractivity (Wildman–Crippen MR) is 70.4 cm³/mol. The molecule has 1 rings (SSSR count). The molecule has 0 saturated carbocycles. The Balaban J connectivity index is 2.67. The predicted octanol–water partition coefficient (Wildman–Crippen LogP) is 1.65. The standard InChI is InChI=1S/C13H19NO7/c1-7(2)11(17)19-12(8(3)4)20-13(18)21-14-9(15)5-6-10(14)16/h5-8,12,15-16H,1-4H3. The first kappa shape index (κ1) is 16.7.